The van der Waals surface area contributed by atoms with Crippen molar-refractivity contribution in [3.63, 3.8) is 0 Å². The van der Waals surface area contributed by atoms with E-state index in [1.807, 2.05) is 0 Å². The van der Waals surface area contributed by atoms with Crippen LogP contribution in [0.1, 0.15) is 67.2 Å². The van der Waals surface area contributed by atoms with E-state index in [0.29, 0.717) is 12.1 Å². The van der Waals surface area contributed by atoms with Crippen LogP contribution in [0.25, 0.3) is 0 Å². The van der Waals surface area contributed by atoms with Crippen LogP contribution in [0, 0.1) is 6.92 Å². The highest BCUT2D eigenvalue weighted by atomic mass is 28.5. The van der Waals surface area contributed by atoms with Crippen molar-refractivity contribution in [2.75, 3.05) is 13.2 Å². The summed E-state index contributed by atoms with van der Waals surface area (Å²) in [6, 6.07) is 0. The highest BCUT2D eigenvalue weighted by Crippen LogP contribution is 2.52. The third-order valence-electron chi connectivity index (χ3n) is 7.86. The predicted octanol–water partition coefficient (Wildman–Crippen LogP) is 2.97. The normalized spacial score (nSPS) is 32.2. The first-order chi connectivity index (χ1) is 16.3. The van der Waals surface area contributed by atoms with Gasteiger partial charge in [-0.2, -0.15) is 5.48 Å². The first-order valence-corrected chi connectivity index (χ1v) is 16.6. The van der Waals surface area contributed by atoms with E-state index < -0.39 is 52.4 Å². The summed E-state index contributed by atoms with van der Waals surface area (Å²) in [5.74, 6) is 0. The highest BCUT2D eigenvalue weighted by molar-refractivity contribution is 6.84. The van der Waals surface area contributed by atoms with Gasteiger partial charge in [0, 0.05) is 11.8 Å². The number of nitrogens with one attached hydrogen (secondary N) is 2. The molecule has 3 aliphatic heterocycles. The molecule has 0 radical (unpaired) electrons. The Bertz CT molecular complexity index is 1040. The lowest BCUT2D eigenvalue weighted by Crippen LogP contribution is -2.71. The third kappa shape index (κ3) is 4.15. The van der Waals surface area contributed by atoms with Crippen LogP contribution in [-0.2, 0) is 22.5 Å². The lowest BCUT2D eigenvalue weighted by atomic mass is 9.95. The van der Waals surface area contributed by atoms with Gasteiger partial charge in [-0.3, -0.25) is 19.2 Å². The number of aromatic nitrogens is 2. The van der Waals surface area contributed by atoms with Crippen molar-refractivity contribution in [1.29, 1.82) is 0 Å². The van der Waals surface area contributed by atoms with Crippen LogP contribution in [0.2, 0.25) is 22.2 Å². The third-order valence-corrected chi connectivity index (χ3v) is 18.1. The molecule has 0 spiro atoms. The van der Waals surface area contributed by atoms with Crippen LogP contribution < -0.4 is 16.7 Å². The first kappa shape index (κ1) is 26.9. The van der Waals surface area contributed by atoms with Gasteiger partial charge < -0.3 is 17.7 Å². The molecule has 0 saturated carbocycles. The lowest BCUT2D eigenvalue weighted by molar-refractivity contribution is -0.164. The van der Waals surface area contributed by atoms with Gasteiger partial charge in [-0.05, 0) is 29.1 Å². The molecular formula is C23H41N3O7Si2. The van der Waals surface area contributed by atoms with E-state index in [9.17, 15) is 9.59 Å². The Morgan fingerprint density at radius 2 is 1.60 bits per heavy atom. The van der Waals surface area contributed by atoms with Crippen LogP contribution >= 0.6 is 0 Å². The highest BCUT2D eigenvalue weighted by Gasteiger charge is 2.68. The maximum Gasteiger partial charge on any atom is 0.335 e. The second kappa shape index (κ2) is 9.32. The van der Waals surface area contributed by atoms with Gasteiger partial charge in [0.25, 0.3) is 5.56 Å². The van der Waals surface area contributed by atoms with Gasteiger partial charge >= 0.3 is 22.8 Å². The molecule has 4 rings (SSSR count). The molecule has 10 nitrogen and oxygen atoms in total. The van der Waals surface area contributed by atoms with Crippen molar-refractivity contribution in [1.82, 2.24) is 15.0 Å². The monoisotopic (exact) mass is 527 g/mol. The van der Waals surface area contributed by atoms with Crippen molar-refractivity contribution in [3.05, 3.63) is 32.6 Å². The maximum absolute atomic E-state index is 12.8. The van der Waals surface area contributed by atoms with Crippen LogP contribution in [0.4, 0.5) is 0 Å². The Hall–Kier alpha value is -1.13. The number of hydrogen-bond acceptors (Lipinski definition) is 8. The summed E-state index contributed by atoms with van der Waals surface area (Å²) in [5, 5.41) is 0. The summed E-state index contributed by atoms with van der Waals surface area (Å²) in [6.45, 7) is 19.6. The van der Waals surface area contributed by atoms with E-state index >= 15 is 0 Å². The molecule has 0 aromatic carbocycles. The zero-order valence-corrected chi connectivity index (χ0v) is 24.3. The molecule has 35 heavy (non-hydrogen) atoms. The summed E-state index contributed by atoms with van der Waals surface area (Å²) in [6.07, 6.45) is -0.402. The Morgan fingerprint density at radius 1 is 1.00 bits per heavy atom. The minimum absolute atomic E-state index is 0.149. The second-order valence-electron chi connectivity index (χ2n) is 11.4. The summed E-state index contributed by atoms with van der Waals surface area (Å²) in [5.41, 5.74) is 2.30. The largest absolute Gasteiger partial charge is 0.414 e. The fraction of sp³-hybridized carbons (Fsp3) is 0.826. The number of hydroxylamine groups is 1. The van der Waals surface area contributed by atoms with E-state index in [4.69, 9.17) is 22.5 Å². The van der Waals surface area contributed by atoms with Crippen molar-refractivity contribution in [3.8, 4) is 0 Å². The molecule has 3 saturated heterocycles. The number of rotatable bonds is 5. The van der Waals surface area contributed by atoms with Crippen LogP contribution in [-0.4, -0.2) is 57.6 Å². The minimum atomic E-state index is -2.90. The molecule has 4 heterocycles. The molecule has 3 fully saturated rings. The number of H-pyrrole nitrogens is 1. The summed E-state index contributed by atoms with van der Waals surface area (Å²) in [7, 11) is -5.66. The van der Waals surface area contributed by atoms with Gasteiger partial charge in [0.05, 0.1) is 13.2 Å². The molecule has 2 N–H and O–H groups in total. The number of aromatic amines is 1. The molecular weight excluding hydrogens is 486 g/mol. The molecule has 2 bridgehead atoms. The molecule has 0 amide bonds. The fourth-order valence-corrected chi connectivity index (χ4v) is 17.1. The average molecular weight is 528 g/mol. The molecule has 12 heteroatoms. The molecule has 1 unspecified atom stereocenters. The van der Waals surface area contributed by atoms with Gasteiger partial charge in [-0.25, -0.2) is 4.79 Å². The molecule has 1 aromatic heterocycles. The molecule has 1 aromatic rings. The number of nitrogens with zero attached hydrogens (tertiary/aromatic N) is 1. The van der Waals surface area contributed by atoms with Gasteiger partial charge in [0.1, 0.15) is 11.7 Å². The zero-order chi connectivity index (χ0) is 25.9. The molecule has 3 aliphatic rings. The number of hydrogen-bond donors (Lipinski definition) is 2. The SMILES string of the molecule is Cc1cn([C@@H]2O[C@@]34CNO[C@H]2C3O[Si](C(C)C)(C(C)C)O[Si](C(C)C)(C(C)C)OC4)c(=O)[nH]c1=O. The van der Waals surface area contributed by atoms with E-state index in [2.05, 4.69) is 65.9 Å². The van der Waals surface area contributed by atoms with E-state index in [0.717, 1.165) is 0 Å². The van der Waals surface area contributed by atoms with Gasteiger partial charge in [-0.15, -0.1) is 0 Å². The Balaban J connectivity index is 1.87. The van der Waals surface area contributed by atoms with Crippen molar-refractivity contribution in [2.24, 2.45) is 0 Å². The minimum Gasteiger partial charge on any atom is -0.414 e. The van der Waals surface area contributed by atoms with E-state index in [1.54, 1.807) is 6.92 Å². The molecule has 0 aliphatic carbocycles. The van der Waals surface area contributed by atoms with Gasteiger partial charge in [0.2, 0.25) is 0 Å². The van der Waals surface area contributed by atoms with E-state index in [1.165, 1.54) is 10.8 Å². The quantitative estimate of drug-likeness (QED) is 0.562. The van der Waals surface area contributed by atoms with E-state index in [-0.39, 0.29) is 28.8 Å². The Labute approximate surface area is 209 Å². The van der Waals surface area contributed by atoms with Gasteiger partial charge in [-0.1, -0.05) is 55.4 Å². The lowest BCUT2D eigenvalue weighted by Gasteiger charge is -2.54. The van der Waals surface area contributed by atoms with Crippen LogP contribution in [0.3, 0.4) is 0 Å². The van der Waals surface area contributed by atoms with Crippen molar-refractivity contribution < 1.29 is 22.5 Å². The van der Waals surface area contributed by atoms with Crippen molar-refractivity contribution >= 4 is 17.1 Å². The second-order valence-corrected chi connectivity index (χ2v) is 20.3. The van der Waals surface area contributed by atoms with Crippen LogP contribution in [0.15, 0.2) is 15.8 Å². The number of ether oxygens (including phenoxy) is 1. The fourth-order valence-electron chi connectivity index (χ4n) is 5.82. The summed E-state index contributed by atoms with van der Waals surface area (Å²) in [4.78, 5) is 33.2. The Kier molecular flexibility index (Phi) is 7.17. The van der Waals surface area contributed by atoms with Crippen molar-refractivity contribution in [2.45, 2.75) is 109 Å². The average Bonchev–Trinajstić information content (AvgIpc) is 2.90. The van der Waals surface area contributed by atoms with Gasteiger partial charge in [0.15, 0.2) is 12.3 Å². The smallest absolute Gasteiger partial charge is 0.335 e. The Morgan fingerprint density at radius 3 is 2.17 bits per heavy atom. The predicted molar refractivity (Wildman–Crippen MR) is 136 cm³/mol. The summed E-state index contributed by atoms with van der Waals surface area (Å²) < 4.78 is 29.4. The maximum atomic E-state index is 12.8. The van der Waals surface area contributed by atoms with Crippen LogP contribution in [0.5, 0.6) is 0 Å². The molecule has 4 atom stereocenters. The topological polar surface area (TPSA) is 113 Å². The standard InChI is InChI=1S/C23H41N3O7Si2/c1-13(2)34(14(3)4)29-12-23-11-24-31-18(19(23)32-35(33-34,15(5)6)16(7)8)21(30-23)26-10-17(9)20(27)25-22(26)28/h10,13-16,18-19,21,24H,11-12H2,1-9H3,(H,25,27,28)/t18-,19?,21+,23+/m0/s1. The summed E-state index contributed by atoms with van der Waals surface area (Å²) >= 11 is 0. The first-order valence-electron chi connectivity index (χ1n) is 12.7. The number of aryl methyl sites for hydroxylation is 1. The molecule has 198 valence electrons. The zero-order valence-electron chi connectivity index (χ0n) is 22.3.